The van der Waals surface area contributed by atoms with Gasteiger partial charge in [0.1, 0.15) is 5.69 Å². The average molecular weight is 363 g/mol. The summed E-state index contributed by atoms with van der Waals surface area (Å²) in [6.07, 6.45) is 3.58. The second kappa shape index (κ2) is 7.89. The van der Waals surface area contributed by atoms with Gasteiger partial charge in [-0.25, -0.2) is 9.97 Å². The van der Waals surface area contributed by atoms with Gasteiger partial charge in [0.2, 0.25) is 5.95 Å². The fourth-order valence-electron chi connectivity index (χ4n) is 1.90. The van der Waals surface area contributed by atoms with Crippen LogP contribution in [-0.2, 0) is 0 Å². The number of rotatable bonds is 6. The van der Waals surface area contributed by atoms with E-state index in [-0.39, 0.29) is 5.91 Å². The van der Waals surface area contributed by atoms with E-state index in [1.807, 2.05) is 25.1 Å². The van der Waals surface area contributed by atoms with Crippen LogP contribution in [0.25, 0.3) is 0 Å². The number of aromatic nitrogens is 2. The van der Waals surface area contributed by atoms with Crippen LogP contribution in [-0.4, -0.2) is 22.4 Å². The molecule has 0 spiro atoms. The van der Waals surface area contributed by atoms with Crippen LogP contribution in [0.5, 0.6) is 0 Å². The molecule has 1 amide bonds. The molecule has 0 saturated carbocycles. The van der Waals surface area contributed by atoms with Gasteiger partial charge in [0.05, 0.1) is 0 Å². The highest BCUT2D eigenvalue weighted by molar-refractivity contribution is 9.10. The van der Waals surface area contributed by atoms with Crippen molar-refractivity contribution in [1.82, 2.24) is 15.3 Å². The molecule has 1 aromatic carbocycles. The number of nitrogens with one attached hydrogen (secondary N) is 2. The highest BCUT2D eigenvalue weighted by atomic mass is 79.9. The van der Waals surface area contributed by atoms with Crippen molar-refractivity contribution < 1.29 is 4.79 Å². The summed E-state index contributed by atoms with van der Waals surface area (Å²) >= 11 is 3.43. The Bertz CT molecular complexity index is 660. The number of benzene rings is 1. The Kier molecular flexibility index (Phi) is 5.89. The maximum Gasteiger partial charge on any atom is 0.270 e. The maximum atomic E-state index is 12.0. The molecule has 2 N–H and O–H groups in total. The highest BCUT2D eigenvalue weighted by Crippen LogP contribution is 2.22. The van der Waals surface area contributed by atoms with Crippen LogP contribution in [0.1, 0.15) is 35.8 Å². The maximum absolute atomic E-state index is 12.0. The molecule has 0 aliphatic rings. The van der Waals surface area contributed by atoms with Gasteiger partial charge in [0.25, 0.3) is 5.91 Å². The fourth-order valence-corrected chi connectivity index (χ4v) is 2.38. The largest absolute Gasteiger partial charge is 0.351 e. The van der Waals surface area contributed by atoms with Crippen molar-refractivity contribution in [2.75, 3.05) is 11.9 Å². The topological polar surface area (TPSA) is 66.9 Å². The van der Waals surface area contributed by atoms with E-state index in [1.54, 1.807) is 12.3 Å². The minimum atomic E-state index is -0.175. The van der Waals surface area contributed by atoms with E-state index in [9.17, 15) is 4.79 Å². The van der Waals surface area contributed by atoms with E-state index in [4.69, 9.17) is 0 Å². The number of hydrogen-bond donors (Lipinski definition) is 2. The zero-order valence-electron chi connectivity index (χ0n) is 12.7. The molecule has 0 bridgehead atoms. The first-order chi connectivity index (χ1) is 10.6. The molecule has 2 aromatic rings. The van der Waals surface area contributed by atoms with E-state index >= 15 is 0 Å². The first kappa shape index (κ1) is 16.4. The number of nitrogens with zero attached hydrogens (tertiary/aromatic N) is 2. The van der Waals surface area contributed by atoms with Crippen molar-refractivity contribution in [3.05, 3.63) is 46.2 Å². The van der Waals surface area contributed by atoms with Crippen LogP contribution >= 0.6 is 15.9 Å². The molecule has 0 atom stereocenters. The van der Waals surface area contributed by atoms with Gasteiger partial charge in [-0.15, -0.1) is 0 Å². The zero-order valence-corrected chi connectivity index (χ0v) is 14.3. The average Bonchev–Trinajstić information content (AvgIpc) is 2.50. The van der Waals surface area contributed by atoms with E-state index in [2.05, 4.69) is 43.5 Å². The number of halogens is 1. The van der Waals surface area contributed by atoms with E-state index in [1.165, 1.54) is 0 Å². The quantitative estimate of drug-likeness (QED) is 0.766. The van der Waals surface area contributed by atoms with Crippen molar-refractivity contribution in [3.63, 3.8) is 0 Å². The summed E-state index contributed by atoms with van der Waals surface area (Å²) in [4.78, 5) is 20.4. The fraction of sp³-hybridized carbons (Fsp3) is 0.312. The minimum Gasteiger partial charge on any atom is -0.351 e. The Labute approximate surface area is 138 Å². The number of carbonyl (C=O) groups is 1. The van der Waals surface area contributed by atoms with Crippen LogP contribution in [0.15, 0.2) is 34.9 Å². The molecule has 0 radical (unpaired) electrons. The normalized spacial score (nSPS) is 10.3. The lowest BCUT2D eigenvalue weighted by Crippen LogP contribution is -2.25. The highest BCUT2D eigenvalue weighted by Gasteiger charge is 2.09. The standard InChI is InChI=1S/C16H19BrN4O/c1-3-4-8-18-15(22)14-7-9-19-16(21-14)20-13-6-5-12(17)10-11(13)2/h5-7,9-10H,3-4,8H2,1-2H3,(H,18,22)(H,19,20,21). The van der Waals surface area contributed by atoms with Crippen molar-refractivity contribution in [2.24, 2.45) is 0 Å². The lowest BCUT2D eigenvalue weighted by atomic mass is 10.2. The van der Waals surface area contributed by atoms with E-state index < -0.39 is 0 Å². The summed E-state index contributed by atoms with van der Waals surface area (Å²) in [6, 6.07) is 7.50. The molecule has 0 fully saturated rings. The third-order valence-electron chi connectivity index (χ3n) is 3.14. The van der Waals surface area contributed by atoms with Crippen LogP contribution in [0.2, 0.25) is 0 Å². The van der Waals surface area contributed by atoms with Crippen molar-refractivity contribution in [2.45, 2.75) is 26.7 Å². The predicted molar refractivity (Wildman–Crippen MR) is 91.4 cm³/mol. The first-order valence-electron chi connectivity index (χ1n) is 7.24. The molecule has 0 saturated heterocycles. The summed E-state index contributed by atoms with van der Waals surface area (Å²) in [5.74, 6) is 0.236. The molecule has 5 nitrogen and oxygen atoms in total. The van der Waals surface area contributed by atoms with Crippen molar-refractivity contribution >= 4 is 33.5 Å². The van der Waals surface area contributed by atoms with Crippen LogP contribution in [0, 0.1) is 6.92 Å². The summed E-state index contributed by atoms with van der Waals surface area (Å²) in [5.41, 5.74) is 2.34. The number of carbonyl (C=O) groups excluding carboxylic acids is 1. The Morgan fingerprint density at radius 2 is 2.14 bits per heavy atom. The second-order valence-electron chi connectivity index (χ2n) is 4.96. The smallest absolute Gasteiger partial charge is 0.270 e. The van der Waals surface area contributed by atoms with Crippen LogP contribution in [0.4, 0.5) is 11.6 Å². The number of hydrogen-bond acceptors (Lipinski definition) is 4. The molecule has 22 heavy (non-hydrogen) atoms. The number of anilines is 2. The Balaban J connectivity index is 2.09. The monoisotopic (exact) mass is 362 g/mol. The Hall–Kier alpha value is -1.95. The molecular weight excluding hydrogens is 344 g/mol. The number of amides is 1. The molecule has 0 aliphatic carbocycles. The molecule has 1 aromatic heterocycles. The molecular formula is C16H19BrN4O. The van der Waals surface area contributed by atoms with E-state index in [0.29, 0.717) is 18.2 Å². The van der Waals surface area contributed by atoms with Crippen LogP contribution in [0.3, 0.4) is 0 Å². The number of unbranched alkanes of at least 4 members (excludes halogenated alkanes) is 1. The molecule has 1 heterocycles. The third kappa shape index (κ3) is 4.53. The van der Waals surface area contributed by atoms with Gasteiger partial charge >= 0.3 is 0 Å². The van der Waals surface area contributed by atoms with Crippen LogP contribution < -0.4 is 10.6 Å². The van der Waals surface area contributed by atoms with Gasteiger partial charge in [-0.1, -0.05) is 29.3 Å². The van der Waals surface area contributed by atoms with Crippen molar-refractivity contribution in [3.8, 4) is 0 Å². The lowest BCUT2D eigenvalue weighted by molar-refractivity contribution is 0.0948. The van der Waals surface area contributed by atoms with Gasteiger partial charge < -0.3 is 10.6 Å². The SMILES string of the molecule is CCCCNC(=O)c1ccnc(Nc2ccc(Br)cc2C)n1. The van der Waals surface area contributed by atoms with Gasteiger partial charge in [-0.05, 0) is 43.2 Å². The zero-order chi connectivity index (χ0) is 15.9. The minimum absolute atomic E-state index is 0.175. The molecule has 6 heteroatoms. The summed E-state index contributed by atoms with van der Waals surface area (Å²) in [5, 5.41) is 5.99. The Morgan fingerprint density at radius 3 is 2.86 bits per heavy atom. The lowest BCUT2D eigenvalue weighted by Gasteiger charge is -2.09. The summed E-state index contributed by atoms with van der Waals surface area (Å²) < 4.78 is 1.01. The van der Waals surface area contributed by atoms with E-state index in [0.717, 1.165) is 28.6 Å². The second-order valence-corrected chi connectivity index (χ2v) is 5.87. The molecule has 0 unspecified atom stereocenters. The first-order valence-corrected chi connectivity index (χ1v) is 8.04. The predicted octanol–water partition coefficient (Wildman–Crippen LogP) is 3.82. The van der Waals surface area contributed by atoms with Gasteiger partial charge in [-0.3, -0.25) is 4.79 Å². The summed E-state index contributed by atoms with van der Waals surface area (Å²) in [7, 11) is 0. The van der Waals surface area contributed by atoms with Gasteiger partial charge in [0.15, 0.2) is 0 Å². The molecule has 2 rings (SSSR count). The molecule has 0 aliphatic heterocycles. The van der Waals surface area contributed by atoms with Crippen molar-refractivity contribution in [1.29, 1.82) is 0 Å². The molecule has 116 valence electrons. The Morgan fingerprint density at radius 1 is 1.32 bits per heavy atom. The third-order valence-corrected chi connectivity index (χ3v) is 3.63. The number of aryl methyl sites for hydroxylation is 1. The van der Waals surface area contributed by atoms with Gasteiger partial charge in [-0.2, -0.15) is 0 Å². The summed E-state index contributed by atoms with van der Waals surface area (Å²) in [6.45, 7) is 4.74. The van der Waals surface area contributed by atoms with Gasteiger partial charge in [0, 0.05) is 22.9 Å².